The van der Waals surface area contributed by atoms with Gasteiger partial charge < -0.3 is 23.9 Å². The number of alkyl halides is 3. The van der Waals surface area contributed by atoms with E-state index in [0.717, 1.165) is 0 Å². The maximum Gasteiger partial charge on any atom is 0.490 e. The highest BCUT2D eigenvalue weighted by Crippen LogP contribution is 2.42. The molecule has 4 heterocycles. The van der Waals surface area contributed by atoms with E-state index in [-0.39, 0.29) is 36.1 Å². The van der Waals surface area contributed by atoms with Gasteiger partial charge in [0, 0.05) is 25.2 Å². The van der Waals surface area contributed by atoms with Crippen LogP contribution in [0.1, 0.15) is 5.76 Å². The van der Waals surface area contributed by atoms with Crippen molar-refractivity contribution in [3.05, 3.63) is 48.3 Å². The Labute approximate surface area is 179 Å². The van der Waals surface area contributed by atoms with Crippen LogP contribution in [0.3, 0.4) is 0 Å². The Hall–Kier alpha value is -3.15. The van der Waals surface area contributed by atoms with Crippen LogP contribution in [0, 0.1) is 17.2 Å². The van der Waals surface area contributed by atoms with Crippen LogP contribution >= 0.6 is 0 Å². The van der Waals surface area contributed by atoms with Gasteiger partial charge in [0.25, 0.3) is 0 Å². The molecule has 32 heavy (non-hydrogen) atoms. The third kappa shape index (κ3) is 5.55. The molecular formula is C20H20F4N2O6. The number of carbonyl (C=O) groups is 2. The zero-order valence-electron chi connectivity index (χ0n) is 16.7. The quantitative estimate of drug-likeness (QED) is 0.685. The molecule has 0 aliphatic carbocycles. The van der Waals surface area contributed by atoms with E-state index < -0.39 is 18.0 Å². The molecule has 1 amide bonds. The van der Waals surface area contributed by atoms with Crippen molar-refractivity contribution in [1.29, 1.82) is 0 Å². The first kappa shape index (κ1) is 23.5. The number of nitrogens with zero attached hydrogens (tertiary/aromatic N) is 2. The van der Waals surface area contributed by atoms with E-state index in [4.69, 9.17) is 23.8 Å². The summed E-state index contributed by atoms with van der Waals surface area (Å²) in [4.78, 5) is 27.2. The van der Waals surface area contributed by atoms with E-state index in [2.05, 4.69) is 4.98 Å². The van der Waals surface area contributed by atoms with Gasteiger partial charge in [0.2, 0.25) is 11.8 Å². The number of fused-ring (bicyclic) bond motifs is 1. The van der Waals surface area contributed by atoms with Crippen LogP contribution in [-0.2, 0) is 20.7 Å². The first-order chi connectivity index (χ1) is 15.1. The number of hydrogen-bond donors (Lipinski definition) is 1. The highest BCUT2D eigenvalue weighted by atomic mass is 19.4. The third-order valence-electron chi connectivity index (χ3n) is 5.24. The molecule has 2 aliphatic heterocycles. The van der Waals surface area contributed by atoms with Gasteiger partial charge in [0.05, 0.1) is 37.9 Å². The summed E-state index contributed by atoms with van der Waals surface area (Å²) in [6.45, 7) is 2.50. The summed E-state index contributed by atoms with van der Waals surface area (Å²) in [6, 6.07) is 6.40. The number of halogens is 4. The predicted molar refractivity (Wildman–Crippen MR) is 99.1 cm³/mol. The van der Waals surface area contributed by atoms with Crippen LogP contribution in [0.4, 0.5) is 17.6 Å². The Balaban J connectivity index is 0.000000360. The maximum absolute atomic E-state index is 13.7. The average molecular weight is 460 g/mol. The Kier molecular flexibility index (Phi) is 7.02. The van der Waals surface area contributed by atoms with Crippen molar-refractivity contribution in [2.75, 3.05) is 32.9 Å². The summed E-state index contributed by atoms with van der Waals surface area (Å²) in [5.74, 6) is -2.40. The molecule has 2 aromatic rings. The predicted octanol–water partition coefficient (Wildman–Crippen LogP) is 2.54. The van der Waals surface area contributed by atoms with Crippen molar-refractivity contribution in [3.63, 3.8) is 0 Å². The second kappa shape index (κ2) is 9.55. The molecule has 4 rings (SSSR count). The normalized spacial score (nSPS) is 22.1. The van der Waals surface area contributed by atoms with Crippen molar-refractivity contribution in [1.82, 2.24) is 9.88 Å². The largest absolute Gasteiger partial charge is 0.490 e. The van der Waals surface area contributed by atoms with Crippen LogP contribution in [0.25, 0.3) is 0 Å². The molecule has 2 saturated heterocycles. The van der Waals surface area contributed by atoms with Gasteiger partial charge in [-0.25, -0.2) is 14.2 Å². The van der Waals surface area contributed by atoms with Gasteiger partial charge >= 0.3 is 12.1 Å². The number of ether oxygens (including phenoxy) is 2. The summed E-state index contributed by atoms with van der Waals surface area (Å²) >= 11 is 0. The topological polar surface area (TPSA) is 102 Å². The second-order valence-corrected chi connectivity index (χ2v) is 7.49. The average Bonchev–Trinajstić information content (AvgIpc) is 3.43. The van der Waals surface area contributed by atoms with Gasteiger partial charge in [0.15, 0.2) is 5.82 Å². The molecule has 0 aromatic carbocycles. The molecule has 0 bridgehead atoms. The second-order valence-electron chi connectivity index (χ2n) is 7.49. The molecular weight excluding hydrogens is 440 g/mol. The summed E-state index contributed by atoms with van der Waals surface area (Å²) < 4.78 is 62.0. The van der Waals surface area contributed by atoms with Crippen molar-refractivity contribution >= 4 is 11.9 Å². The van der Waals surface area contributed by atoms with Crippen molar-refractivity contribution in [2.24, 2.45) is 11.3 Å². The summed E-state index contributed by atoms with van der Waals surface area (Å²) in [7, 11) is 0. The molecule has 0 saturated carbocycles. The summed E-state index contributed by atoms with van der Waals surface area (Å²) in [5, 5.41) is 7.12. The zero-order chi connectivity index (χ0) is 23.4. The number of hydrogen-bond acceptors (Lipinski definition) is 6. The van der Waals surface area contributed by atoms with Crippen LogP contribution in [0.2, 0.25) is 0 Å². The van der Waals surface area contributed by atoms with Crippen molar-refractivity contribution in [2.45, 2.75) is 12.6 Å². The summed E-state index contributed by atoms with van der Waals surface area (Å²) in [5.41, 5.74) is -0.317. The lowest BCUT2D eigenvalue weighted by Gasteiger charge is -2.26. The van der Waals surface area contributed by atoms with E-state index in [1.165, 1.54) is 18.3 Å². The fourth-order valence-electron chi connectivity index (χ4n) is 3.59. The molecule has 8 nitrogen and oxygen atoms in total. The van der Waals surface area contributed by atoms with Crippen LogP contribution in [0.5, 0.6) is 5.88 Å². The number of amides is 1. The highest BCUT2D eigenvalue weighted by Gasteiger charge is 2.52. The van der Waals surface area contributed by atoms with E-state index in [0.29, 0.717) is 32.1 Å². The lowest BCUT2D eigenvalue weighted by atomic mass is 9.82. The highest BCUT2D eigenvalue weighted by molar-refractivity contribution is 5.78. The van der Waals surface area contributed by atoms with E-state index in [1.807, 2.05) is 4.90 Å². The summed E-state index contributed by atoms with van der Waals surface area (Å²) in [6.07, 6.45) is -1.79. The molecule has 12 heteroatoms. The van der Waals surface area contributed by atoms with E-state index in [1.54, 1.807) is 18.4 Å². The molecule has 2 aromatic heterocycles. The zero-order valence-corrected chi connectivity index (χ0v) is 16.7. The first-order valence-electron chi connectivity index (χ1n) is 9.52. The SMILES string of the molecule is O=C(Cc1ccco1)N1C[C@@H]2COC[C@]2(COc2ncccc2F)C1.O=C(O)C(F)(F)F. The molecule has 2 fully saturated rings. The van der Waals surface area contributed by atoms with Crippen molar-refractivity contribution in [3.8, 4) is 5.88 Å². The monoisotopic (exact) mass is 460 g/mol. The Morgan fingerprint density at radius 3 is 2.69 bits per heavy atom. The Morgan fingerprint density at radius 1 is 1.31 bits per heavy atom. The number of pyridine rings is 1. The smallest absolute Gasteiger partial charge is 0.475 e. The number of carbonyl (C=O) groups excluding carboxylic acids is 1. The van der Waals surface area contributed by atoms with Gasteiger partial charge in [-0.2, -0.15) is 13.2 Å². The minimum Gasteiger partial charge on any atom is -0.475 e. The van der Waals surface area contributed by atoms with Gasteiger partial charge in [-0.1, -0.05) is 0 Å². The van der Waals surface area contributed by atoms with Crippen LogP contribution in [0.15, 0.2) is 41.1 Å². The maximum atomic E-state index is 13.7. The lowest BCUT2D eigenvalue weighted by Crippen LogP contribution is -2.38. The Bertz CT molecular complexity index is 936. The lowest BCUT2D eigenvalue weighted by molar-refractivity contribution is -0.192. The van der Waals surface area contributed by atoms with Crippen molar-refractivity contribution < 1.29 is 46.1 Å². The molecule has 0 radical (unpaired) electrons. The molecule has 0 spiro atoms. The van der Waals surface area contributed by atoms with E-state index in [9.17, 15) is 22.4 Å². The number of carboxylic acids is 1. The third-order valence-corrected chi connectivity index (χ3v) is 5.24. The number of rotatable bonds is 5. The molecule has 1 N–H and O–H groups in total. The minimum absolute atomic E-state index is 0.0112. The number of aliphatic carboxylic acids is 1. The van der Waals surface area contributed by atoms with Gasteiger partial charge in [-0.05, 0) is 24.3 Å². The number of likely N-dealkylation sites (tertiary alicyclic amines) is 1. The molecule has 2 atom stereocenters. The first-order valence-corrected chi connectivity index (χ1v) is 9.52. The number of aromatic nitrogens is 1. The standard InChI is InChI=1S/C18H19FN2O4.C2HF3O2/c19-15-4-1-5-20-17(15)25-12-18-10-21(8-13(18)9-23-11-18)16(22)7-14-3-2-6-24-14;3-2(4,5)1(6)7/h1-6,13H,7-12H2;(H,6,7)/t13-,18+;/m1./s1. The van der Waals surface area contributed by atoms with Gasteiger partial charge in [0.1, 0.15) is 5.76 Å². The van der Waals surface area contributed by atoms with E-state index >= 15 is 0 Å². The van der Waals surface area contributed by atoms with Gasteiger partial charge in [-0.15, -0.1) is 0 Å². The molecule has 0 unspecified atom stereocenters. The fourth-order valence-corrected chi connectivity index (χ4v) is 3.59. The van der Waals surface area contributed by atoms with Gasteiger partial charge in [-0.3, -0.25) is 4.79 Å². The Morgan fingerprint density at radius 2 is 2.06 bits per heavy atom. The number of carboxylic acid groups (broad SMARTS) is 1. The van der Waals surface area contributed by atoms with Crippen LogP contribution < -0.4 is 4.74 Å². The van der Waals surface area contributed by atoms with Crippen LogP contribution in [-0.4, -0.2) is 66.0 Å². The fraction of sp³-hybridized carbons (Fsp3) is 0.450. The molecule has 2 aliphatic rings. The minimum atomic E-state index is -5.08. The number of furan rings is 1. The molecule has 174 valence electrons.